The molecule has 0 bridgehead atoms. The van der Waals surface area contributed by atoms with Crippen molar-refractivity contribution < 1.29 is 27.9 Å². The minimum atomic E-state index is -4.60. The van der Waals surface area contributed by atoms with Crippen LogP contribution < -0.4 is 11.1 Å². The molecule has 0 heterocycles. The van der Waals surface area contributed by atoms with Crippen LogP contribution in [0.4, 0.5) is 18.9 Å². The van der Waals surface area contributed by atoms with E-state index >= 15 is 0 Å². The minimum absolute atomic E-state index is 0.0648. The lowest BCUT2D eigenvalue weighted by Crippen LogP contribution is -2.14. The fraction of sp³-hybridized carbons (Fsp3) is 0.333. The summed E-state index contributed by atoms with van der Waals surface area (Å²) in [5, 5.41) is 11.6. The van der Waals surface area contributed by atoms with Crippen LogP contribution in [0.15, 0.2) is 18.2 Å². The molecule has 1 aromatic rings. The molecule has 110 valence electrons. The summed E-state index contributed by atoms with van der Waals surface area (Å²) in [4.78, 5) is 21.5. The number of aromatic carboxylic acids is 1. The van der Waals surface area contributed by atoms with Crippen LogP contribution in [0, 0.1) is 0 Å². The molecule has 8 heteroatoms. The average molecular weight is 290 g/mol. The topological polar surface area (TPSA) is 92.4 Å². The number of hydrogen-bond donors (Lipinski definition) is 3. The first-order valence-corrected chi connectivity index (χ1v) is 5.68. The zero-order chi connectivity index (χ0) is 15.3. The van der Waals surface area contributed by atoms with E-state index in [1.807, 2.05) is 0 Å². The third kappa shape index (κ3) is 4.45. The number of carbonyl (C=O) groups excluding carboxylic acids is 1. The van der Waals surface area contributed by atoms with Crippen molar-refractivity contribution in [2.24, 2.45) is 5.73 Å². The lowest BCUT2D eigenvalue weighted by molar-refractivity contribution is -0.137. The first kappa shape index (κ1) is 15.8. The van der Waals surface area contributed by atoms with E-state index in [4.69, 9.17) is 10.8 Å². The number of benzene rings is 1. The Morgan fingerprint density at radius 2 is 1.95 bits per heavy atom. The van der Waals surface area contributed by atoms with Crippen molar-refractivity contribution in [1.29, 1.82) is 0 Å². The van der Waals surface area contributed by atoms with Gasteiger partial charge in [-0.3, -0.25) is 4.79 Å². The molecule has 0 unspecified atom stereocenters. The molecular weight excluding hydrogens is 277 g/mol. The first-order chi connectivity index (χ1) is 9.21. The maximum absolute atomic E-state index is 12.5. The molecule has 0 saturated carbocycles. The molecule has 0 aromatic heterocycles. The molecule has 1 aromatic carbocycles. The van der Waals surface area contributed by atoms with Gasteiger partial charge in [0.15, 0.2) is 0 Å². The van der Waals surface area contributed by atoms with Crippen molar-refractivity contribution in [2.75, 3.05) is 11.9 Å². The molecule has 1 amide bonds. The van der Waals surface area contributed by atoms with E-state index in [1.165, 1.54) is 0 Å². The van der Waals surface area contributed by atoms with Crippen LogP contribution in [-0.4, -0.2) is 23.5 Å². The standard InChI is InChI=1S/C12H13F3N2O3/c13-12(14,15)7-3-4-9(8(6-7)11(19)20)17-5-1-2-10(16)18/h3-4,6,17H,1-2,5H2,(H2,16,18)(H,19,20). The molecule has 20 heavy (non-hydrogen) atoms. The molecule has 0 aliphatic carbocycles. The number of anilines is 1. The monoisotopic (exact) mass is 290 g/mol. The second-order valence-corrected chi connectivity index (χ2v) is 4.06. The van der Waals surface area contributed by atoms with E-state index in [2.05, 4.69) is 5.32 Å². The molecule has 0 aliphatic rings. The number of carboxylic acids is 1. The van der Waals surface area contributed by atoms with Crippen molar-refractivity contribution in [3.8, 4) is 0 Å². The van der Waals surface area contributed by atoms with Gasteiger partial charge >= 0.3 is 12.1 Å². The van der Waals surface area contributed by atoms with Crippen LogP contribution in [0.3, 0.4) is 0 Å². The number of nitrogens with two attached hydrogens (primary N) is 1. The number of carboxylic acid groups (broad SMARTS) is 1. The van der Waals surface area contributed by atoms with Crippen molar-refractivity contribution in [2.45, 2.75) is 19.0 Å². The highest BCUT2D eigenvalue weighted by Gasteiger charge is 2.31. The highest BCUT2D eigenvalue weighted by molar-refractivity contribution is 5.94. The van der Waals surface area contributed by atoms with E-state index in [0.29, 0.717) is 12.5 Å². The van der Waals surface area contributed by atoms with Gasteiger partial charge in [-0.1, -0.05) is 0 Å². The van der Waals surface area contributed by atoms with Gasteiger partial charge in [0.2, 0.25) is 5.91 Å². The van der Waals surface area contributed by atoms with E-state index < -0.39 is 29.2 Å². The Hall–Kier alpha value is -2.25. The van der Waals surface area contributed by atoms with Gasteiger partial charge in [-0.25, -0.2) is 4.79 Å². The van der Waals surface area contributed by atoms with Crippen molar-refractivity contribution in [3.05, 3.63) is 29.3 Å². The molecule has 0 saturated heterocycles. The summed E-state index contributed by atoms with van der Waals surface area (Å²) < 4.78 is 37.5. The number of alkyl halides is 3. The Morgan fingerprint density at radius 1 is 1.30 bits per heavy atom. The number of amides is 1. The van der Waals surface area contributed by atoms with E-state index in [-0.39, 0.29) is 18.7 Å². The van der Waals surface area contributed by atoms with E-state index in [0.717, 1.165) is 12.1 Å². The molecule has 5 nitrogen and oxygen atoms in total. The van der Waals surface area contributed by atoms with Crippen molar-refractivity contribution >= 4 is 17.6 Å². The summed E-state index contributed by atoms with van der Waals surface area (Å²) >= 11 is 0. The molecule has 0 radical (unpaired) electrons. The minimum Gasteiger partial charge on any atom is -0.478 e. The van der Waals surface area contributed by atoms with Crippen LogP contribution in [0.2, 0.25) is 0 Å². The van der Waals surface area contributed by atoms with Gasteiger partial charge in [-0.15, -0.1) is 0 Å². The van der Waals surface area contributed by atoms with E-state index in [9.17, 15) is 22.8 Å². The molecule has 0 aliphatic heterocycles. The van der Waals surface area contributed by atoms with Crippen LogP contribution in [-0.2, 0) is 11.0 Å². The summed E-state index contributed by atoms with van der Waals surface area (Å²) in [5.41, 5.74) is 3.49. The summed E-state index contributed by atoms with van der Waals surface area (Å²) in [6, 6.07) is 2.41. The molecule has 1 rings (SSSR count). The Bertz CT molecular complexity index is 515. The van der Waals surface area contributed by atoms with Gasteiger partial charge in [0.1, 0.15) is 0 Å². The highest BCUT2D eigenvalue weighted by atomic mass is 19.4. The van der Waals surface area contributed by atoms with Gasteiger partial charge < -0.3 is 16.2 Å². The van der Waals surface area contributed by atoms with Crippen LogP contribution >= 0.6 is 0 Å². The van der Waals surface area contributed by atoms with Crippen LogP contribution in [0.1, 0.15) is 28.8 Å². The molecule has 0 atom stereocenters. The molecule has 0 spiro atoms. The van der Waals surface area contributed by atoms with Gasteiger partial charge in [-0.2, -0.15) is 13.2 Å². The predicted molar refractivity (Wildman–Crippen MR) is 65.3 cm³/mol. The second kappa shape index (κ2) is 6.27. The number of halogens is 3. The second-order valence-electron chi connectivity index (χ2n) is 4.06. The normalized spacial score (nSPS) is 11.2. The molecule has 4 N–H and O–H groups in total. The maximum atomic E-state index is 12.5. The Kier molecular flexibility index (Phi) is 4.95. The van der Waals surface area contributed by atoms with Crippen LogP contribution in [0.5, 0.6) is 0 Å². The van der Waals surface area contributed by atoms with Crippen molar-refractivity contribution in [3.63, 3.8) is 0 Å². The van der Waals surface area contributed by atoms with Gasteiger partial charge in [-0.05, 0) is 24.6 Å². The number of rotatable bonds is 6. The number of nitrogens with one attached hydrogen (secondary N) is 1. The van der Waals surface area contributed by atoms with Crippen molar-refractivity contribution in [1.82, 2.24) is 0 Å². The molecular formula is C12H13F3N2O3. The average Bonchev–Trinajstić information content (AvgIpc) is 2.33. The summed E-state index contributed by atoms with van der Waals surface area (Å²) in [6.45, 7) is 0.231. The summed E-state index contributed by atoms with van der Waals surface area (Å²) in [5.74, 6) is -1.97. The predicted octanol–water partition coefficient (Wildman–Crippen LogP) is 2.08. The van der Waals surface area contributed by atoms with E-state index in [1.54, 1.807) is 0 Å². The summed E-state index contributed by atoms with van der Waals surface area (Å²) in [7, 11) is 0. The number of carbonyl (C=O) groups is 2. The Labute approximate surface area is 112 Å². The Balaban J connectivity index is 2.86. The third-order valence-electron chi connectivity index (χ3n) is 2.49. The SMILES string of the molecule is NC(=O)CCCNc1ccc(C(F)(F)F)cc1C(=O)O. The zero-order valence-electron chi connectivity index (χ0n) is 10.3. The maximum Gasteiger partial charge on any atom is 0.416 e. The third-order valence-corrected chi connectivity index (χ3v) is 2.49. The lowest BCUT2D eigenvalue weighted by atomic mass is 10.1. The van der Waals surface area contributed by atoms with Gasteiger partial charge in [0.05, 0.1) is 11.1 Å². The number of primary amides is 1. The smallest absolute Gasteiger partial charge is 0.416 e. The van der Waals surface area contributed by atoms with Crippen LogP contribution in [0.25, 0.3) is 0 Å². The number of hydrogen-bond acceptors (Lipinski definition) is 3. The fourth-order valence-electron chi connectivity index (χ4n) is 1.54. The van der Waals surface area contributed by atoms with Gasteiger partial charge in [0.25, 0.3) is 0 Å². The highest BCUT2D eigenvalue weighted by Crippen LogP contribution is 2.31. The largest absolute Gasteiger partial charge is 0.478 e. The zero-order valence-corrected chi connectivity index (χ0v) is 10.3. The fourth-order valence-corrected chi connectivity index (χ4v) is 1.54. The summed E-state index contributed by atoms with van der Waals surface area (Å²) in [6.07, 6.45) is -4.14. The van der Waals surface area contributed by atoms with Gasteiger partial charge in [0, 0.05) is 18.7 Å². The molecule has 0 fully saturated rings. The Morgan fingerprint density at radius 3 is 2.45 bits per heavy atom. The lowest BCUT2D eigenvalue weighted by Gasteiger charge is -2.12. The first-order valence-electron chi connectivity index (χ1n) is 5.68. The quantitative estimate of drug-likeness (QED) is 0.699.